The zero-order chi connectivity index (χ0) is 10.7. The van der Waals surface area contributed by atoms with Crippen LogP contribution in [-0.4, -0.2) is 13.2 Å². The van der Waals surface area contributed by atoms with Crippen LogP contribution in [-0.2, 0) is 4.74 Å². The van der Waals surface area contributed by atoms with Gasteiger partial charge in [0.05, 0.1) is 0 Å². The molecule has 0 aromatic heterocycles. The van der Waals surface area contributed by atoms with Crippen LogP contribution < -0.4 is 0 Å². The summed E-state index contributed by atoms with van der Waals surface area (Å²) in [5, 5.41) is 0. The highest BCUT2D eigenvalue weighted by atomic mass is 16.5. The minimum atomic E-state index is 0.777. The number of rotatable bonds is 6. The summed E-state index contributed by atoms with van der Waals surface area (Å²) in [4.78, 5) is 0. The summed E-state index contributed by atoms with van der Waals surface area (Å²) in [6, 6.07) is 0. The molecule has 0 N–H and O–H groups in total. The van der Waals surface area contributed by atoms with Gasteiger partial charge in [-0.05, 0) is 36.5 Å². The summed E-state index contributed by atoms with van der Waals surface area (Å²) in [7, 11) is 0. The maximum atomic E-state index is 5.88. The largest absolute Gasteiger partial charge is 0.381 e. The SMILES string of the molecule is CCC(CC)COCC1CC2C=CC1C2. The molecule has 15 heavy (non-hydrogen) atoms. The van der Waals surface area contributed by atoms with Crippen molar-refractivity contribution in [3.05, 3.63) is 12.2 Å². The van der Waals surface area contributed by atoms with Crippen molar-refractivity contribution in [1.29, 1.82) is 0 Å². The first-order chi connectivity index (χ1) is 7.33. The zero-order valence-electron chi connectivity index (χ0n) is 10.1. The third-order valence-electron chi connectivity index (χ3n) is 4.26. The van der Waals surface area contributed by atoms with Crippen molar-refractivity contribution in [1.82, 2.24) is 0 Å². The van der Waals surface area contributed by atoms with Crippen LogP contribution in [0, 0.1) is 23.7 Å². The van der Waals surface area contributed by atoms with Crippen molar-refractivity contribution in [3.63, 3.8) is 0 Å². The van der Waals surface area contributed by atoms with E-state index in [4.69, 9.17) is 4.74 Å². The minimum absolute atomic E-state index is 0.777. The van der Waals surface area contributed by atoms with Gasteiger partial charge in [0.2, 0.25) is 0 Å². The number of hydrogen-bond acceptors (Lipinski definition) is 1. The lowest BCUT2D eigenvalue weighted by atomic mass is 9.94. The van der Waals surface area contributed by atoms with Gasteiger partial charge in [0, 0.05) is 13.2 Å². The van der Waals surface area contributed by atoms with Gasteiger partial charge in [0.15, 0.2) is 0 Å². The van der Waals surface area contributed by atoms with E-state index >= 15 is 0 Å². The second-order valence-corrected chi connectivity index (χ2v) is 5.26. The van der Waals surface area contributed by atoms with E-state index in [9.17, 15) is 0 Å². The van der Waals surface area contributed by atoms with Crippen molar-refractivity contribution >= 4 is 0 Å². The summed E-state index contributed by atoms with van der Waals surface area (Å²) in [5.74, 6) is 3.34. The smallest absolute Gasteiger partial charge is 0.0500 e. The van der Waals surface area contributed by atoms with Crippen LogP contribution >= 0.6 is 0 Å². The number of ether oxygens (including phenoxy) is 1. The van der Waals surface area contributed by atoms with E-state index in [0.717, 1.165) is 36.9 Å². The van der Waals surface area contributed by atoms with Crippen LogP contribution in [0.25, 0.3) is 0 Å². The van der Waals surface area contributed by atoms with E-state index in [1.165, 1.54) is 25.7 Å². The van der Waals surface area contributed by atoms with E-state index in [0.29, 0.717) is 0 Å². The minimum Gasteiger partial charge on any atom is -0.381 e. The highest BCUT2D eigenvalue weighted by Gasteiger charge is 2.35. The van der Waals surface area contributed by atoms with Crippen LogP contribution in [0.3, 0.4) is 0 Å². The van der Waals surface area contributed by atoms with Crippen molar-refractivity contribution in [2.45, 2.75) is 39.5 Å². The van der Waals surface area contributed by atoms with Gasteiger partial charge in [-0.15, -0.1) is 0 Å². The van der Waals surface area contributed by atoms with Crippen LogP contribution in [0.1, 0.15) is 39.5 Å². The van der Waals surface area contributed by atoms with Gasteiger partial charge in [-0.2, -0.15) is 0 Å². The molecule has 2 bridgehead atoms. The molecule has 1 nitrogen and oxygen atoms in total. The summed E-state index contributed by atoms with van der Waals surface area (Å²) < 4.78 is 5.88. The Kier molecular flexibility index (Phi) is 3.85. The summed E-state index contributed by atoms with van der Waals surface area (Å²) in [6.45, 7) is 6.50. The molecule has 2 aliphatic rings. The first kappa shape index (κ1) is 11.2. The Morgan fingerprint density at radius 3 is 2.53 bits per heavy atom. The Balaban J connectivity index is 1.64. The van der Waals surface area contributed by atoms with Crippen molar-refractivity contribution in [3.8, 4) is 0 Å². The first-order valence-corrected chi connectivity index (χ1v) is 6.59. The maximum Gasteiger partial charge on any atom is 0.0500 e. The van der Waals surface area contributed by atoms with E-state index < -0.39 is 0 Å². The second kappa shape index (κ2) is 5.16. The lowest BCUT2D eigenvalue weighted by Crippen LogP contribution is -2.17. The van der Waals surface area contributed by atoms with Gasteiger partial charge in [-0.25, -0.2) is 0 Å². The Labute approximate surface area is 93.9 Å². The third kappa shape index (κ3) is 2.63. The molecule has 0 aliphatic heterocycles. The maximum absolute atomic E-state index is 5.88. The van der Waals surface area contributed by atoms with Gasteiger partial charge < -0.3 is 4.74 Å². The molecule has 0 heterocycles. The van der Waals surface area contributed by atoms with Crippen LogP contribution in [0.5, 0.6) is 0 Å². The third-order valence-corrected chi connectivity index (χ3v) is 4.26. The summed E-state index contributed by atoms with van der Waals surface area (Å²) in [5.41, 5.74) is 0. The van der Waals surface area contributed by atoms with Crippen LogP contribution in [0.4, 0.5) is 0 Å². The summed E-state index contributed by atoms with van der Waals surface area (Å²) >= 11 is 0. The molecule has 1 heteroatoms. The Hall–Kier alpha value is -0.300. The number of allylic oxidation sites excluding steroid dienone is 2. The molecule has 1 fully saturated rings. The second-order valence-electron chi connectivity index (χ2n) is 5.26. The van der Waals surface area contributed by atoms with Crippen molar-refractivity contribution < 1.29 is 4.74 Å². The predicted octanol–water partition coefficient (Wildman–Crippen LogP) is 3.65. The molecular formula is C14H24O. The monoisotopic (exact) mass is 208 g/mol. The molecule has 86 valence electrons. The number of hydrogen-bond donors (Lipinski definition) is 0. The molecule has 0 spiro atoms. The molecule has 3 atom stereocenters. The fourth-order valence-electron chi connectivity index (χ4n) is 3.00. The van der Waals surface area contributed by atoms with E-state index in [1.54, 1.807) is 0 Å². The fraction of sp³-hybridized carbons (Fsp3) is 0.857. The zero-order valence-corrected chi connectivity index (χ0v) is 10.1. The highest BCUT2D eigenvalue weighted by molar-refractivity contribution is 5.09. The number of fused-ring (bicyclic) bond motifs is 2. The highest BCUT2D eigenvalue weighted by Crippen LogP contribution is 2.43. The Bertz CT molecular complexity index is 217. The Morgan fingerprint density at radius 2 is 2.00 bits per heavy atom. The quantitative estimate of drug-likeness (QED) is 0.605. The predicted molar refractivity (Wildman–Crippen MR) is 63.7 cm³/mol. The Morgan fingerprint density at radius 1 is 1.20 bits per heavy atom. The van der Waals surface area contributed by atoms with Crippen LogP contribution in [0.2, 0.25) is 0 Å². The van der Waals surface area contributed by atoms with E-state index in [1.807, 2.05) is 0 Å². The molecule has 2 aliphatic carbocycles. The van der Waals surface area contributed by atoms with Crippen LogP contribution in [0.15, 0.2) is 12.2 Å². The molecule has 0 aromatic rings. The van der Waals surface area contributed by atoms with Crippen molar-refractivity contribution in [2.75, 3.05) is 13.2 Å². The average Bonchev–Trinajstić information content (AvgIpc) is 2.86. The van der Waals surface area contributed by atoms with E-state index in [-0.39, 0.29) is 0 Å². The van der Waals surface area contributed by atoms with E-state index in [2.05, 4.69) is 26.0 Å². The molecule has 2 rings (SSSR count). The topological polar surface area (TPSA) is 9.23 Å². The lowest BCUT2D eigenvalue weighted by Gasteiger charge is -2.20. The van der Waals surface area contributed by atoms with Crippen molar-refractivity contribution in [2.24, 2.45) is 23.7 Å². The van der Waals surface area contributed by atoms with Gasteiger partial charge in [0.1, 0.15) is 0 Å². The van der Waals surface area contributed by atoms with Gasteiger partial charge in [0.25, 0.3) is 0 Å². The standard InChI is InChI=1S/C14H24O/c1-3-11(4-2)9-15-10-14-8-12-5-6-13(14)7-12/h5-6,11-14H,3-4,7-10H2,1-2H3. The van der Waals surface area contributed by atoms with Gasteiger partial charge in [-0.3, -0.25) is 0 Å². The fourth-order valence-corrected chi connectivity index (χ4v) is 3.00. The summed E-state index contributed by atoms with van der Waals surface area (Å²) in [6.07, 6.45) is 10.1. The van der Waals surface area contributed by atoms with Gasteiger partial charge >= 0.3 is 0 Å². The molecule has 0 saturated heterocycles. The molecule has 3 unspecified atom stereocenters. The lowest BCUT2D eigenvalue weighted by molar-refractivity contribution is 0.0622. The molecule has 0 aromatic carbocycles. The molecular weight excluding hydrogens is 184 g/mol. The normalized spacial score (nSPS) is 33.1. The average molecular weight is 208 g/mol. The molecule has 0 radical (unpaired) electrons. The first-order valence-electron chi connectivity index (χ1n) is 6.59. The van der Waals surface area contributed by atoms with Gasteiger partial charge in [-0.1, -0.05) is 38.8 Å². The molecule has 0 amide bonds. The molecule has 1 saturated carbocycles.